The second-order valence-electron chi connectivity index (χ2n) is 5.92. The minimum Gasteiger partial charge on any atom is -0.355 e. The number of hydrogen-bond acceptors (Lipinski definition) is 6. The quantitative estimate of drug-likeness (QED) is 0.748. The first kappa shape index (κ1) is 15.1. The lowest BCUT2D eigenvalue weighted by molar-refractivity contribution is 0.102. The van der Waals surface area contributed by atoms with E-state index in [4.69, 9.17) is 5.26 Å². The van der Waals surface area contributed by atoms with Crippen LogP contribution in [0.1, 0.15) is 23.2 Å². The maximum atomic E-state index is 12.6. The van der Waals surface area contributed by atoms with E-state index in [-0.39, 0.29) is 11.8 Å². The van der Waals surface area contributed by atoms with Gasteiger partial charge in [0.2, 0.25) is 0 Å². The maximum Gasteiger partial charge on any atom is 0.261 e. The number of nitrogens with zero attached hydrogens (tertiary/aromatic N) is 6. The summed E-state index contributed by atoms with van der Waals surface area (Å²) in [6, 6.07) is 4.06. The van der Waals surface area contributed by atoms with E-state index in [2.05, 4.69) is 36.6 Å². The Morgan fingerprint density at radius 2 is 2.20 bits per heavy atom. The van der Waals surface area contributed by atoms with Gasteiger partial charge in [-0.2, -0.15) is 15.5 Å². The number of H-pyrrole nitrogens is 1. The molecule has 1 saturated heterocycles. The predicted molar refractivity (Wildman–Crippen MR) is 90.1 cm³/mol. The molecule has 0 radical (unpaired) electrons. The van der Waals surface area contributed by atoms with Gasteiger partial charge >= 0.3 is 0 Å². The molecule has 3 aromatic rings. The molecule has 0 aromatic carbocycles. The van der Waals surface area contributed by atoms with Gasteiger partial charge in [0.05, 0.1) is 18.5 Å². The number of nitriles is 1. The van der Waals surface area contributed by atoms with Crippen molar-refractivity contribution >= 4 is 23.1 Å². The van der Waals surface area contributed by atoms with Crippen LogP contribution in [0.2, 0.25) is 0 Å². The molecule has 2 N–H and O–H groups in total. The molecule has 0 atom stereocenters. The van der Waals surface area contributed by atoms with Crippen molar-refractivity contribution in [3.63, 3.8) is 0 Å². The number of hydrogen-bond donors (Lipinski definition) is 2. The number of aromatic nitrogens is 5. The fourth-order valence-corrected chi connectivity index (χ4v) is 3.02. The SMILES string of the molecule is N#CC1CCN(c2[nH]ncc2NC(=O)c2cnn3cccnc23)CC1. The molecule has 0 aliphatic carbocycles. The van der Waals surface area contributed by atoms with Crippen LogP contribution in [0.5, 0.6) is 0 Å². The van der Waals surface area contributed by atoms with Gasteiger partial charge in [0.15, 0.2) is 5.65 Å². The van der Waals surface area contributed by atoms with Gasteiger partial charge in [-0.05, 0) is 18.9 Å². The first-order chi connectivity index (χ1) is 12.3. The van der Waals surface area contributed by atoms with E-state index in [9.17, 15) is 4.79 Å². The number of aromatic amines is 1. The zero-order valence-electron chi connectivity index (χ0n) is 13.4. The molecule has 1 aliphatic heterocycles. The monoisotopic (exact) mass is 336 g/mol. The number of anilines is 2. The number of rotatable bonds is 3. The second kappa shape index (κ2) is 6.24. The molecule has 4 heterocycles. The molecule has 4 rings (SSSR count). The minimum absolute atomic E-state index is 0.0991. The number of piperidine rings is 1. The topological polar surface area (TPSA) is 115 Å². The molecule has 0 spiro atoms. The van der Waals surface area contributed by atoms with Crippen LogP contribution in [0.15, 0.2) is 30.9 Å². The zero-order valence-corrected chi connectivity index (χ0v) is 13.4. The van der Waals surface area contributed by atoms with Crippen molar-refractivity contribution in [3.05, 3.63) is 36.4 Å². The third-order valence-electron chi connectivity index (χ3n) is 4.39. The zero-order chi connectivity index (χ0) is 17.2. The summed E-state index contributed by atoms with van der Waals surface area (Å²) in [7, 11) is 0. The number of carbonyl (C=O) groups excluding carboxylic acids is 1. The van der Waals surface area contributed by atoms with Crippen molar-refractivity contribution < 1.29 is 4.79 Å². The highest BCUT2D eigenvalue weighted by Crippen LogP contribution is 2.28. The summed E-state index contributed by atoms with van der Waals surface area (Å²) in [6.45, 7) is 1.50. The smallest absolute Gasteiger partial charge is 0.261 e. The third kappa shape index (κ3) is 2.78. The molecule has 9 nitrogen and oxygen atoms in total. The average Bonchev–Trinajstić information content (AvgIpc) is 3.28. The Labute approximate surface area is 143 Å². The second-order valence-corrected chi connectivity index (χ2v) is 5.92. The summed E-state index contributed by atoms with van der Waals surface area (Å²) in [6.07, 6.45) is 8.05. The Hall–Kier alpha value is -3.41. The van der Waals surface area contributed by atoms with E-state index in [0.717, 1.165) is 31.7 Å². The van der Waals surface area contributed by atoms with E-state index in [1.807, 2.05) is 0 Å². The normalized spacial score (nSPS) is 15.2. The molecule has 0 saturated carbocycles. The average molecular weight is 336 g/mol. The lowest BCUT2D eigenvalue weighted by Crippen LogP contribution is -2.34. The fourth-order valence-electron chi connectivity index (χ4n) is 3.02. The summed E-state index contributed by atoms with van der Waals surface area (Å²) < 4.78 is 1.55. The molecule has 126 valence electrons. The summed E-state index contributed by atoms with van der Waals surface area (Å²) in [4.78, 5) is 18.9. The van der Waals surface area contributed by atoms with Crippen LogP contribution in [0.3, 0.4) is 0 Å². The lowest BCUT2D eigenvalue weighted by atomic mass is 9.99. The van der Waals surface area contributed by atoms with Crippen LogP contribution in [0.25, 0.3) is 5.65 Å². The van der Waals surface area contributed by atoms with Gasteiger partial charge in [-0.25, -0.2) is 9.50 Å². The fraction of sp³-hybridized carbons (Fsp3) is 0.312. The highest BCUT2D eigenvalue weighted by Gasteiger charge is 2.23. The van der Waals surface area contributed by atoms with Crippen molar-refractivity contribution in [3.8, 4) is 6.07 Å². The largest absolute Gasteiger partial charge is 0.355 e. The van der Waals surface area contributed by atoms with Crippen molar-refractivity contribution in [1.29, 1.82) is 5.26 Å². The molecular weight excluding hydrogens is 320 g/mol. The number of carbonyl (C=O) groups is 1. The van der Waals surface area contributed by atoms with Crippen molar-refractivity contribution in [2.45, 2.75) is 12.8 Å². The first-order valence-electron chi connectivity index (χ1n) is 8.04. The Kier molecular flexibility index (Phi) is 3.78. The molecule has 0 bridgehead atoms. The van der Waals surface area contributed by atoms with E-state index >= 15 is 0 Å². The van der Waals surface area contributed by atoms with Crippen LogP contribution in [0, 0.1) is 17.2 Å². The van der Waals surface area contributed by atoms with Gasteiger partial charge in [0.1, 0.15) is 17.1 Å². The Balaban J connectivity index is 1.53. The van der Waals surface area contributed by atoms with Gasteiger partial charge in [-0.1, -0.05) is 0 Å². The van der Waals surface area contributed by atoms with Crippen molar-refractivity contribution in [2.24, 2.45) is 5.92 Å². The summed E-state index contributed by atoms with van der Waals surface area (Å²) in [5.74, 6) is 0.569. The van der Waals surface area contributed by atoms with Crippen LogP contribution in [-0.2, 0) is 0 Å². The van der Waals surface area contributed by atoms with Crippen LogP contribution < -0.4 is 10.2 Å². The summed E-state index contributed by atoms with van der Waals surface area (Å²) in [5, 5.41) is 23.0. The molecule has 1 amide bonds. The lowest BCUT2D eigenvalue weighted by Gasteiger charge is -2.30. The van der Waals surface area contributed by atoms with Crippen LogP contribution in [0.4, 0.5) is 11.5 Å². The summed E-state index contributed by atoms with van der Waals surface area (Å²) in [5.41, 5.74) is 1.51. The van der Waals surface area contributed by atoms with Crippen molar-refractivity contribution in [1.82, 2.24) is 24.8 Å². The van der Waals surface area contributed by atoms with E-state index in [1.54, 1.807) is 29.2 Å². The Morgan fingerprint density at radius 3 is 3.00 bits per heavy atom. The van der Waals surface area contributed by atoms with Crippen LogP contribution in [-0.4, -0.2) is 43.8 Å². The van der Waals surface area contributed by atoms with Gasteiger partial charge in [-0.3, -0.25) is 9.89 Å². The molecule has 3 aromatic heterocycles. The maximum absolute atomic E-state index is 12.6. The molecule has 9 heteroatoms. The van der Waals surface area contributed by atoms with Gasteiger partial charge in [-0.15, -0.1) is 0 Å². The van der Waals surface area contributed by atoms with Gasteiger partial charge in [0.25, 0.3) is 5.91 Å². The third-order valence-corrected chi connectivity index (χ3v) is 4.39. The van der Waals surface area contributed by atoms with Gasteiger partial charge in [0, 0.05) is 31.4 Å². The predicted octanol–water partition coefficient (Wildman–Crippen LogP) is 1.44. The number of amides is 1. The molecular formula is C16H16N8O. The highest BCUT2D eigenvalue weighted by molar-refractivity contribution is 6.09. The van der Waals surface area contributed by atoms with E-state index in [0.29, 0.717) is 16.9 Å². The molecule has 0 unspecified atom stereocenters. The molecule has 1 aliphatic rings. The van der Waals surface area contributed by atoms with Crippen LogP contribution >= 0.6 is 0 Å². The standard InChI is InChI=1S/C16H16N8O/c17-8-11-2-6-23(7-3-11)15-13(10-19-22-15)21-16(25)12-9-20-24-5-1-4-18-14(12)24/h1,4-5,9-11H,2-3,6-7H2,(H,19,22)(H,21,25). The van der Waals surface area contributed by atoms with Crippen molar-refractivity contribution in [2.75, 3.05) is 23.3 Å². The van der Waals surface area contributed by atoms with Gasteiger partial charge < -0.3 is 10.2 Å². The first-order valence-corrected chi connectivity index (χ1v) is 8.04. The molecule has 1 fully saturated rings. The Bertz CT molecular complexity index is 944. The minimum atomic E-state index is -0.289. The van der Waals surface area contributed by atoms with E-state index < -0.39 is 0 Å². The summed E-state index contributed by atoms with van der Waals surface area (Å²) >= 11 is 0. The van der Waals surface area contributed by atoms with E-state index in [1.165, 1.54) is 6.20 Å². The number of fused-ring (bicyclic) bond motifs is 1. The Morgan fingerprint density at radius 1 is 1.36 bits per heavy atom. The highest BCUT2D eigenvalue weighted by atomic mass is 16.1. The number of nitrogens with one attached hydrogen (secondary N) is 2. The molecule has 25 heavy (non-hydrogen) atoms.